The topological polar surface area (TPSA) is 114 Å². The Bertz CT molecular complexity index is 1060. The van der Waals surface area contributed by atoms with Crippen LogP contribution >= 0.6 is 0 Å². The SMILES string of the molecule is N#Cc1ccc(NC(=O)C(O)(Cc2ccccc2)C2CCN(C(=O)O)CC2)cc1C(F)(F)F. The average molecular weight is 461 g/mol. The average Bonchev–Trinajstić information content (AvgIpc) is 2.79. The fourth-order valence-corrected chi connectivity index (χ4v) is 4.06. The quantitative estimate of drug-likeness (QED) is 0.625. The minimum atomic E-state index is -4.80. The first-order valence-corrected chi connectivity index (χ1v) is 10.2. The Morgan fingerprint density at radius 1 is 1.12 bits per heavy atom. The van der Waals surface area contributed by atoms with Crippen molar-refractivity contribution in [2.75, 3.05) is 18.4 Å². The van der Waals surface area contributed by atoms with Gasteiger partial charge in [0, 0.05) is 31.1 Å². The number of likely N-dealkylation sites (tertiary alicyclic amines) is 1. The van der Waals surface area contributed by atoms with E-state index in [1.165, 1.54) is 17.0 Å². The van der Waals surface area contributed by atoms with Gasteiger partial charge in [-0.05, 0) is 36.6 Å². The van der Waals surface area contributed by atoms with E-state index < -0.39 is 40.8 Å². The van der Waals surface area contributed by atoms with Crippen molar-refractivity contribution >= 4 is 17.7 Å². The van der Waals surface area contributed by atoms with Crippen molar-refractivity contribution in [1.29, 1.82) is 5.26 Å². The fourth-order valence-electron chi connectivity index (χ4n) is 4.06. The van der Waals surface area contributed by atoms with Gasteiger partial charge in [0.25, 0.3) is 5.91 Å². The first-order valence-electron chi connectivity index (χ1n) is 10.2. The second-order valence-corrected chi connectivity index (χ2v) is 7.95. The number of benzene rings is 2. The minimum Gasteiger partial charge on any atom is -0.465 e. The largest absolute Gasteiger partial charge is 0.465 e. The molecule has 0 spiro atoms. The van der Waals surface area contributed by atoms with Crippen LogP contribution in [-0.2, 0) is 17.4 Å². The summed E-state index contributed by atoms with van der Waals surface area (Å²) in [5, 5.41) is 32.0. The summed E-state index contributed by atoms with van der Waals surface area (Å²) < 4.78 is 39.9. The van der Waals surface area contributed by atoms with E-state index in [1.54, 1.807) is 30.3 Å². The first kappa shape index (κ1) is 24.1. The van der Waals surface area contributed by atoms with E-state index >= 15 is 0 Å². The molecule has 2 aromatic carbocycles. The molecule has 1 saturated heterocycles. The lowest BCUT2D eigenvalue weighted by molar-refractivity contribution is -0.142. The zero-order chi connectivity index (χ0) is 24.2. The number of hydrogen-bond acceptors (Lipinski definition) is 4. The summed E-state index contributed by atoms with van der Waals surface area (Å²) in [7, 11) is 0. The van der Waals surface area contributed by atoms with E-state index in [-0.39, 0.29) is 38.0 Å². The molecule has 0 aliphatic carbocycles. The number of nitrogens with one attached hydrogen (secondary N) is 1. The highest BCUT2D eigenvalue weighted by Gasteiger charge is 2.45. The van der Waals surface area contributed by atoms with Crippen molar-refractivity contribution in [2.45, 2.75) is 31.0 Å². The third kappa shape index (κ3) is 5.43. The van der Waals surface area contributed by atoms with E-state index in [4.69, 9.17) is 5.26 Å². The van der Waals surface area contributed by atoms with Gasteiger partial charge >= 0.3 is 12.3 Å². The fraction of sp³-hybridized carbons (Fsp3) is 0.348. The molecule has 1 aliphatic rings. The van der Waals surface area contributed by atoms with E-state index in [1.807, 2.05) is 0 Å². The number of carbonyl (C=O) groups is 2. The maximum Gasteiger partial charge on any atom is 0.417 e. The van der Waals surface area contributed by atoms with Gasteiger partial charge in [0.1, 0.15) is 5.60 Å². The van der Waals surface area contributed by atoms with Gasteiger partial charge in [-0.2, -0.15) is 18.4 Å². The van der Waals surface area contributed by atoms with Crippen LogP contribution in [0.25, 0.3) is 0 Å². The number of nitriles is 1. The number of amides is 2. The van der Waals surface area contributed by atoms with Crippen molar-refractivity contribution in [3.63, 3.8) is 0 Å². The molecule has 10 heteroatoms. The molecule has 3 rings (SSSR count). The van der Waals surface area contributed by atoms with Gasteiger partial charge in [-0.25, -0.2) is 4.79 Å². The van der Waals surface area contributed by atoms with E-state index in [0.29, 0.717) is 11.6 Å². The molecule has 0 bridgehead atoms. The molecule has 2 amide bonds. The zero-order valence-electron chi connectivity index (χ0n) is 17.5. The van der Waals surface area contributed by atoms with Gasteiger partial charge < -0.3 is 20.4 Å². The Morgan fingerprint density at radius 2 is 1.76 bits per heavy atom. The Balaban J connectivity index is 1.90. The highest BCUT2D eigenvalue weighted by molar-refractivity contribution is 5.97. The summed E-state index contributed by atoms with van der Waals surface area (Å²) in [6.07, 6.45) is -5.56. The van der Waals surface area contributed by atoms with E-state index in [9.17, 15) is 33.0 Å². The number of aliphatic hydroxyl groups is 1. The zero-order valence-corrected chi connectivity index (χ0v) is 17.5. The number of piperidine rings is 1. The number of carbonyl (C=O) groups excluding carboxylic acids is 1. The number of halogens is 3. The van der Waals surface area contributed by atoms with Crippen LogP contribution in [0.15, 0.2) is 48.5 Å². The molecule has 174 valence electrons. The Hall–Kier alpha value is -3.58. The molecule has 1 fully saturated rings. The lowest BCUT2D eigenvalue weighted by Gasteiger charge is -2.40. The van der Waals surface area contributed by atoms with Crippen molar-refractivity contribution in [2.24, 2.45) is 5.92 Å². The molecule has 1 unspecified atom stereocenters. The number of rotatable bonds is 5. The molecule has 3 N–H and O–H groups in total. The molecule has 0 aromatic heterocycles. The van der Waals surface area contributed by atoms with Gasteiger partial charge in [-0.1, -0.05) is 30.3 Å². The number of alkyl halides is 3. The lowest BCUT2D eigenvalue weighted by atomic mass is 9.76. The lowest BCUT2D eigenvalue weighted by Crippen LogP contribution is -2.54. The second kappa shape index (κ2) is 9.50. The van der Waals surface area contributed by atoms with E-state index in [0.717, 1.165) is 6.07 Å². The normalized spacial score (nSPS) is 16.5. The van der Waals surface area contributed by atoms with Crippen molar-refractivity contribution in [1.82, 2.24) is 4.90 Å². The summed E-state index contributed by atoms with van der Waals surface area (Å²) in [6.45, 7) is 0.249. The molecule has 0 radical (unpaired) electrons. The molecule has 7 nitrogen and oxygen atoms in total. The highest BCUT2D eigenvalue weighted by atomic mass is 19.4. The highest BCUT2D eigenvalue weighted by Crippen LogP contribution is 2.35. The monoisotopic (exact) mass is 461 g/mol. The Kier molecular flexibility index (Phi) is 6.93. The van der Waals surface area contributed by atoms with Crippen LogP contribution in [0.5, 0.6) is 0 Å². The molecule has 1 aliphatic heterocycles. The number of carboxylic acid groups (broad SMARTS) is 1. The molecule has 1 atom stereocenters. The third-order valence-electron chi connectivity index (χ3n) is 5.85. The predicted octanol–water partition coefficient (Wildman–Crippen LogP) is 3.88. The van der Waals surface area contributed by atoms with Gasteiger partial charge in [0.2, 0.25) is 0 Å². The van der Waals surface area contributed by atoms with Crippen molar-refractivity contribution in [3.8, 4) is 6.07 Å². The summed E-state index contributed by atoms with van der Waals surface area (Å²) in [5.74, 6) is -1.51. The van der Waals surface area contributed by atoms with Crippen LogP contribution < -0.4 is 5.32 Å². The van der Waals surface area contributed by atoms with Gasteiger partial charge in [-0.3, -0.25) is 4.79 Å². The second-order valence-electron chi connectivity index (χ2n) is 7.95. The van der Waals surface area contributed by atoms with Gasteiger partial charge in [0.05, 0.1) is 17.2 Å². The van der Waals surface area contributed by atoms with Crippen LogP contribution in [0, 0.1) is 17.2 Å². The first-order chi connectivity index (χ1) is 15.5. The van der Waals surface area contributed by atoms with Gasteiger partial charge in [0.15, 0.2) is 0 Å². The van der Waals surface area contributed by atoms with Crippen LogP contribution in [0.2, 0.25) is 0 Å². The van der Waals surface area contributed by atoms with Crippen LogP contribution in [0.3, 0.4) is 0 Å². The number of anilines is 1. The predicted molar refractivity (Wildman–Crippen MR) is 112 cm³/mol. The maximum atomic E-state index is 13.3. The van der Waals surface area contributed by atoms with Gasteiger partial charge in [-0.15, -0.1) is 0 Å². The molecular formula is C23H22F3N3O4. The molecule has 2 aromatic rings. The molecule has 0 saturated carbocycles. The van der Waals surface area contributed by atoms with E-state index in [2.05, 4.69) is 5.32 Å². The number of hydrogen-bond donors (Lipinski definition) is 3. The van der Waals surface area contributed by atoms with Crippen LogP contribution in [0.4, 0.5) is 23.7 Å². The molecule has 1 heterocycles. The summed E-state index contributed by atoms with van der Waals surface area (Å²) in [6, 6.07) is 12.9. The molecule has 33 heavy (non-hydrogen) atoms. The summed E-state index contributed by atoms with van der Waals surface area (Å²) in [4.78, 5) is 25.6. The number of nitrogens with zero attached hydrogens (tertiary/aromatic N) is 2. The maximum absolute atomic E-state index is 13.3. The summed E-state index contributed by atoms with van der Waals surface area (Å²) >= 11 is 0. The molecular weight excluding hydrogens is 439 g/mol. The van der Waals surface area contributed by atoms with Crippen LogP contribution in [-0.4, -0.2) is 45.8 Å². The standard InChI is InChI=1S/C23H22F3N3O4/c24-23(25,26)19-12-18(7-6-16(19)14-27)28-20(30)22(33,13-15-4-2-1-3-5-15)17-8-10-29(11-9-17)21(31)32/h1-7,12,17,33H,8-11,13H2,(H,28,30)(H,31,32). The smallest absolute Gasteiger partial charge is 0.417 e. The third-order valence-corrected chi connectivity index (χ3v) is 5.85. The minimum absolute atomic E-state index is 0.0974. The summed E-state index contributed by atoms with van der Waals surface area (Å²) in [5.41, 5.74) is -3.32. The van der Waals surface area contributed by atoms with Crippen molar-refractivity contribution in [3.05, 3.63) is 65.2 Å². The van der Waals surface area contributed by atoms with Crippen molar-refractivity contribution < 1.29 is 33.0 Å². The Morgan fingerprint density at radius 3 is 2.30 bits per heavy atom. The van der Waals surface area contributed by atoms with Crippen LogP contribution in [0.1, 0.15) is 29.5 Å². The Labute approximate surface area is 188 Å².